The van der Waals surface area contributed by atoms with Crippen molar-refractivity contribution in [3.05, 3.63) is 65.9 Å². The highest BCUT2D eigenvalue weighted by Crippen LogP contribution is 2.19. The van der Waals surface area contributed by atoms with Crippen molar-refractivity contribution < 1.29 is 18.7 Å². The number of hydrogen-bond donors (Lipinski definition) is 2. The number of furan rings is 1. The number of methoxy groups -OCH3 is 1. The third-order valence-corrected chi connectivity index (χ3v) is 3.53. The molecule has 0 saturated carbocycles. The van der Waals surface area contributed by atoms with Gasteiger partial charge in [-0.2, -0.15) is 5.10 Å². The van der Waals surface area contributed by atoms with Crippen LogP contribution < -0.4 is 15.6 Å². The lowest BCUT2D eigenvalue weighted by atomic mass is 10.2. The van der Waals surface area contributed by atoms with E-state index in [1.54, 1.807) is 13.1 Å². The topological polar surface area (TPSA) is 98.4 Å². The quantitative estimate of drug-likeness (QED) is 0.706. The minimum atomic E-state index is -0.596. The highest BCUT2D eigenvalue weighted by molar-refractivity contribution is 5.99. The van der Waals surface area contributed by atoms with Gasteiger partial charge in [0.05, 0.1) is 30.8 Å². The molecule has 2 heterocycles. The van der Waals surface area contributed by atoms with Gasteiger partial charge in [-0.25, -0.2) is 4.68 Å². The summed E-state index contributed by atoms with van der Waals surface area (Å²) in [7, 11) is 1.44. The summed E-state index contributed by atoms with van der Waals surface area (Å²) < 4.78 is 11.8. The Kier molecular flexibility index (Phi) is 4.51. The van der Waals surface area contributed by atoms with Gasteiger partial charge in [0, 0.05) is 0 Å². The van der Waals surface area contributed by atoms with Crippen molar-refractivity contribution in [2.75, 3.05) is 7.11 Å². The average Bonchev–Trinajstić information content (AvgIpc) is 3.26. The summed E-state index contributed by atoms with van der Waals surface area (Å²) in [5.41, 5.74) is 5.80. The van der Waals surface area contributed by atoms with E-state index < -0.39 is 11.8 Å². The molecule has 25 heavy (non-hydrogen) atoms. The maximum Gasteiger partial charge on any atom is 0.294 e. The molecule has 2 N–H and O–H groups in total. The van der Waals surface area contributed by atoms with Crippen LogP contribution in [0.3, 0.4) is 0 Å². The number of nitrogens with one attached hydrogen (secondary N) is 2. The van der Waals surface area contributed by atoms with E-state index in [0.29, 0.717) is 11.3 Å². The Balaban J connectivity index is 1.75. The molecule has 2 aromatic heterocycles. The molecule has 3 aromatic rings. The number of amides is 2. The maximum atomic E-state index is 12.3. The molecule has 128 valence electrons. The van der Waals surface area contributed by atoms with E-state index in [1.165, 1.54) is 24.1 Å². The molecule has 0 unspecified atom stereocenters. The molecule has 1 aromatic carbocycles. The second-order valence-electron chi connectivity index (χ2n) is 5.12. The van der Waals surface area contributed by atoms with Crippen molar-refractivity contribution >= 4 is 11.8 Å². The van der Waals surface area contributed by atoms with Crippen LogP contribution >= 0.6 is 0 Å². The van der Waals surface area contributed by atoms with Crippen molar-refractivity contribution in [1.29, 1.82) is 0 Å². The summed E-state index contributed by atoms with van der Waals surface area (Å²) in [5, 5.41) is 4.22. The molecule has 2 amide bonds. The van der Waals surface area contributed by atoms with Crippen molar-refractivity contribution in [1.82, 2.24) is 20.6 Å². The lowest BCUT2D eigenvalue weighted by molar-refractivity contribution is 0.0841. The number of para-hydroxylation sites is 1. The molecule has 8 heteroatoms. The summed E-state index contributed by atoms with van der Waals surface area (Å²) in [6.45, 7) is 1.65. The standard InChI is InChI=1S/C17H16N4O4/c1-11-13(8-9-25-11)16(22)18-19-17(23)15-14(24-2)10-21(20-15)12-6-4-3-5-7-12/h3-10H,1-2H3,(H,18,22)(H,19,23). The average molecular weight is 340 g/mol. The Morgan fingerprint density at radius 3 is 2.48 bits per heavy atom. The van der Waals surface area contributed by atoms with Gasteiger partial charge in [-0.15, -0.1) is 0 Å². The number of benzene rings is 1. The van der Waals surface area contributed by atoms with Crippen LogP contribution in [0, 0.1) is 6.92 Å². The summed E-state index contributed by atoms with van der Waals surface area (Å²) in [5.74, 6) is -0.338. The molecule has 8 nitrogen and oxygen atoms in total. The molecule has 0 atom stereocenters. The second kappa shape index (κ2) is 6.91. The van der Waals surface area contributed by atoms with Gasteiger partial charge in [-0.3, -0.25) is 20.4 Å². The Morgan fingerprint density at radius 1 is 1.12 bits per heavy atom. The number of carbonyl (C=O) groups is 2. The molecule has 0 bridgehead atoms. The van der Waals surface area contributed by atoms with E-state index in [0.717, 1.165) is 5.69 Å². The van der Waals surface area contributed by atoms with Crippen LogP contribution in [-0.4, -0.2) is 28.7 Å². The van der Waals surface area contributed by atoms with Crippen LogP contribution in [0.5, 0.6) is 5.75 Å². The molecule has 0 aliphatic rings. The SMILES string of the molecule is COc1cn(-c2ccccc2)nc1C(=O)NNC(=O)c1ccoc1C. The zero-order valence-electron chi connectivity index (χ0n) is 13.6. The van der Waals surface area contributed by atoms with E-state index in [4.69, 9.17) is 9.15 Å². The fourth-order valence-electron chi connectivity index (χ4n) is 2.24. The smallest absolute Gasteiger partial charge is 0.294 e. The number of hydrogen-bond acceptors (Lipinski definition) is 5. The Bertz CT molecular complexity index is 899. The van der Waals surface area contributed by atoms with Crippen LogP contribution in [0.15, 0.2) is 53.3 Å². The van der Waals surface area contributed by atoms with E-state index in [1.807, 2.05) is 30.3 Å². The molecule has 0 aliphatic heterocycles. The maximum absolute atomic E-state index is 12.3. The normalized spacial score (nSPS) is 10.3. The van der Waals surface area contributed by atoms with Gasteiger partial charge >= 0.3 is 0 Å². The van der Waals surface area contributed by atoms with Crippen molar-refractivity contribution in [2.24, 2.45) is 0 Å². The van der Waals surface area contributed by atoms with E-state index in [-0.39, 0.29) is 11.4 Å². The van der Waals surface area contributed by atoms with E-state index in [2.05, 4.69) is 16.0 Å². The van der Waals surface area contributed by atoms with Gasteiger partial charge in [0.1, 0.15) is 5.76 Å². The molecular weight excluding hydrogens is 324 g/mol. The van der Waals surface area contributed by atoms with Gasteiger partial charge in [0.15, 0.2) is 11.4 Å². The first-order valence-electron chi connectivity index (χ1n) is 7.44. The number of nitrogens with zero attached hydrogens (tertiary/aromatic N) is 2. The molecule has 0 spiro atoms. The minimum Gasteiger partial charge on any atom is -0.493 e. The lowest BCUT2D eigenvalue weighted by Gasteiger charge is -2.06. The number of hydrazine groups is 1. The number of rotatable bonds is 4. The predicted molar refractivity (Wildman–Crippen MR) is 88.5 cm³/mol. The summed E-state index contributed by atoms with van der Waals surface area (Å²) >= 11 is 0. The van der Waals surface area contributed by atoms with Gasteiger partial charge in [-0.1, -0.05) is 18.2 Å². The summed E-state index contributed by atoms with van der Waals surface area (Å²) in [6, 6.07) is 10.8. The molecule has 0 aliphatic carbocycles. The van der Waals surface area contributed by atoms with Crippen LogP contribution in [0.4, 0.5) is 0 Å². The van der Waals surface area contributed by atoms with Crippen LogP contribution in [0.1, 0.15) is 26.6 Å². The second-order valence-corrected chi connectivity index (χ2v) is 5.12. The van der Waals surface area contributed by atoms with Crippen LogP contribution in [0.2, 0.25) is 0 Å². The predicted octanol–water partition coefficient (Wildman–Crippen LogP) is 1.86. The van der Waals surface area contributed by atoms with Crippen molar-refractivity contribution in [2.45, 2.75) is 6.92 Å². The van der Waals surface area contributed by atoms with Crippen LogP contribution in [-0.2, 0) is 0 Å². The van der Waals surface area contributed by atoms with Gasteiger partial charge in [-0.05, 0) is 25.1 Å². The Hall–Kier alpha value is -3.55. The van der Waals surface area contributed by atoms with E-state index in [9.17, 15) is 9.59 Å². The van der Waals surface area contributed by atoms with Gasteiger partial charge in [0.2, 0.25) is 0 Å². The number of carbonyl (C=O) groups excluding carboxylic acids is 2. The summed E-state index contributed by atoms with van der Waals surface area (Å²) in [6.07, 6.45) is 2.99. The Labute approximate surface area is 143 Å². The third-order valence-electron chi connectivity index (χ3n) is 3.53. The Morgan fingerprint density at radius 2 is 1.84 bits per heavy atom. The molecule has 0 radical (unpaired) electrons. The lowest BCUT2D eigenvalue weighted by Crippen LogP contribution is -2.42. The zero-order chi connectivity index (χ0) is 17.8. The monoisotopic (exact) mass is 340 g/mol. The molecule has 0 saturated heterocycles. The van der Waals surface area contributed by atoms with Gasteiger partial charge < -0.3 is 9.15 Å². The fourth-order valence-corrected chi connectivity index (χ4v) is 2.24. The molecule has 3 rings (SSSR count). The molecular formula is C17H16N4O4. The third kappa shape index (κ3) is 3.37. The highest BCUT2D eigenvalue weighted by atomic mass is 16.5. The first kappa shape index (κ1) is 16.3. The first-order valence-corrected chi connectivity index (χ1v) is 7.44. The highest BCUT2D eigenvalue weighted by Gasteiger charge is 2.20. The number of aryl methyl sites for hydroxylation is 1. The number of aromatic nitrogens is 2. The minimum absolute atomic E-state index is 0.0515. The fraction of sp³-hybridized carbons (Fsp3) is 0.118. The largest absolute Gasteiger partial charge is 0.493 e. The van der Waals surface area contributed by atoms with Crippen molar-refractivity contribution in [3.8, 4) is 11.4 Å². The number of ether oxygens (including phenoxy) is 1. The van der Waals surface area contributed by atoms with Crippen LogP contribution in [0.25, 0.3) is 5.69 Å². The zero-order valence-corrected chi connectivity index (χ0v) is 13.6. The molecule has 0 fully saturated rings. The van der Waals surface area contributed by atoms with Gasteiger partial charge in [0.25, 0.3) is 11.8 Å². The summed E-state index contributed by atoms with van der Waals surface area (Å²) in [4.78, 5) is 24.3. The first-order chi connectivity index (χ1) is 12.1. The van der Waals surface area contributed by atoms with E-state index >= 15 is 0 Å². The van der Waals surface area contributed by atoms with Crippen molar-refractivity contribution in [3.63, 3.8) is 0 Å².